The molecular formula is C14H13F3O3. The van der Waals surface area contributed by atoms with Gasteiger partial charge in [-0.3, -0.25) is 4.79 Å². The summed E-state index contributed by atoms with van der Waals surface area (Å²) in [5.41, 5.74) is -0.378. The van der Waals surface area contributed by atoms with E-state index >= 15 is 0 Å². The molecule has 2 unspecified atom stereocenters. The molecule has 1 aromatic rings. The summed E-state index contributed by atoms with van der Waals surface area (Å²) < 4.78 is 42.6. The van der Waals surface area contributed by atoms with Gasteiger partial charge < -0.3 is 9.84 Å². The van der Waals surface area contributed by atoms with E-state index in [-0.39, 0.29) is 12.8 Å². The van der Waals surface area contributed by atoms with Gasteiger partial charge in [0.05, 0.1) is 18.1 Å². The second kappa shape index (κ2) is 5.66. The van der Waals surface area contributed by atoms with Gasteiger partial charge in [-0.25, -0.2) is 0 Å². The Morgan fingerprint density at radius 2 is 2.10 bits per heavy atom. The highest BCUT2D eigenvalue weighted by Gasteiger charge is 2.30. The number of aliphatic hydroxyl groups excluding tert-OH is 1. The Labute approximate surface area is 113 Å². The number of esters is 1. The number of hydrogen-bond donors (Lipinski definition) is 1. The molecule has 2 rings (SSSR count). The van der Waals surface area contributed by atoms with E-state index in [1.807, 2.05) is 0 Å². The summed E-state index contributed by atoms with van der Waals surface area (Å²) in [5, 5.41) is 9.41. The molecule has 1 heterocycles. The van der Waals surface area contributed by atoms with Gasteiger partial charge in [0.15, 0.2) is 0 Å². The number of carbonyl (C=O) groups excluding carboxylic acids is 1. The van der Waals surface area contributed by atoms with Gasteiger partial charge in [-0.1, -0.05) is 18.2 Å². The Balaban J connectivity index is 2.09. The Hall–Kier alpha value is -1.82. The molecule has 1 aliphatic rings. The predicted molar refractivity (Wildman–Crippen MR) is 65.6 cm³/mol. The molecule has 0 spiro atoms. The summed E-state index contributed by atoms with van der Waals surface area (Å²) in [6.45, 7) is 0. The first-order valence-corrected chi connectivity index (χ1v) is 6.07. The van der Waals surface area contributed by atoms with Gasteiger partial charge in [0.1, 0.15) is 6.10 Å². The molecule has 3 nitrogen and oxygen atoms in total. The molecule has 0 amide bonds. The van der Waals surface area contributed by atoms with Crippen LogP contribution in [0.3, 0.4) is 0 Å². The van der Waals surface area contributed by atoms with Crippen molar-refractivity contribution in [3.63, 3.8) is 0 Å². The zero-order valence-corrected chi connectivity index (χ0v) is 10.4. The van der Waals surface area contributed by atoms with Gasteiger partial charge in [0.2, 0.25) is 0 Å². The maximum absolute atomic E-state index is 12.5. The van der Waals surface area contributed by atoms with Crippen molar-refractivity contribution in [1.29, 1.82) is 0 Å². The van der Waals surface area contributed by atoms with Gasteiger partial charge in [-0.2, -0.15) is 13.2 Å². The van der Waals surface area contributed by atoms with Gasteiger partial charge in [0.25, 0.3) is 0 Å². The minimum absolute atomic E-state index is 0.0477. The molecule has 2 atom stereocenters. The maximum atomic E-state index is 12.5. The van der Waals surface area contributed by atoms with Crippen molar-refractivity contribution < 1.29 is 27.8 Å². The lowest BCUT2D eigenvalue weighted by molar-refractivity contribution is -0.156. The fourth-order valence-corrected chi connectivity index (χ4v) is 1.96. The zero-order valence-electron chi connectivity index (χ0n) is 10.4. The second-order valence-corrected chi connectivity index (χ2v) is 4.60. The van der Waals surface area contributed by atoms with Crippen LogP contribution in [0.5, 0.6) is 0 Å². The molecule has 108 valence electrons. The second-order valence-electron chi connectivity index (χ2n) is 4.60. The molecule has 1 aliphatic heterocycles. The Morgan fingerprint density at radius 3 is 2.75 bits per heavy atom. The number of cyclic esters (lactones) is 1. The van der Waals surface area contributed by atoms with Crippen LogP contribution in [-0.4, -0.2) is 23.3 Å². The monoisotopic (exact) mass is 286 g/mol. The van der Waals surface area contributed by atoms with Crippen molar-refractivity contribution in [2.24, 2.45) is 0 Å². The molecule has 1 aromatic carbocycles. The van der Waals surface area contributed by atoms with Crippen LogP contribution in [0.15, 0.2) is 30.3 Å². The number of carbonyl (C=O) groups is 1. The van der Waals surface area contributed by atoms with Crippen LogP contribution in [0.1, 0.15) is 24.0 Å². The fraction of sp³-hybridized carbons (Fsp3) is 0.357. The highest BCUT2D eigenvalue weighted by atomic mass is 19.4. The molecule has 20 heavy (non-hydrogen) atoms. The summed E-state index contributed by atoms with van der Waals surface area (Å²) >= 11 is 0. The van der Waals surface area contributed by atoms with Crippen LogP contribution < -0.4 is 0 Å². The molecule has 1 fully saturated rings. The Morgan fingerprint density at radius 1 is 1.35 bits per heavy atom. The highest BCUT2D eigenvalue weighted by Crippen LogP contribution is 2.29. The van der Waals surface area contributed by atoms with Crippen molar-refractivity contribution in [3.8, 4) is 0 Å². The zero-order chi connectivity index (χ0) is 14.8. The normalized spacial score (nSPS) is 23.9. The molecule has 0 radical (unpaired) electrons. The number of ether oxygens (including phenoxy) is 1. The van der Waals surface area contributed by atoms with Crippen LogP contribution in [0, 0.1) is 0 Å². The minimum atomic E-state index is -4.39. The summed E-state index contributed by atoms with van der Waals surface area (Å²) in [7, 11) is 0. The van der Waals surface area contributed by atoms with Crippen LogP contribution in [0.25, 0.3) is 6.08 Å². The summed E-state index contributed by atoms with van der Waals surface area (Å²) in [6, 6.07) is 4.83. The van der Waals surface area contributed by atoms with E-state index in [0.717, 1.165) is 12.1 Å². The first-order valence-electron chi connectivity index (χ1n) is 6.07. The van der Waals surface area contributed by atoms with E-state index in [2.05, 4.69) is 0 Å². The summed E-state index contributed by atoms with van der Waals surface area (Å²) in [5.74, 6) is -0.512. The van der Waals surface area contributed by atoms with Crippen LogP contribution in [0.4, 0.5) is 13.2 Å². The number of rotatable bonds is 2. The first-order chi connectivity index (χ1) is 9.34. The van der Waals surface area contributed by atoms with E-state index in [4.69, 9.17) is 4.74 Å². The van der Waals surface area contributed by atoms with Crippen molar-refractivity contribution in [2.75, 3.05) is 0 Å². The third-order valence-electron chi connectivity index (χ3n) is 2.91. The topological polar surface area (TPSA) is 46.5 Å². The third-order valence-corrected chi connectivity index (χ3v) is 2.91. The van der Waals surface area contributed by atoms with E-state index < -0.39 is 29.9 Å². The largest absolute Gasteiger partial charge is 0.458 e. The van der Waals surface area contributed by atoms with Gasteiger partial charge in [0, 0.05) is 6.42 Å². The van der Waals surface area contributed by atoms with Crippen LogP contribution in [0.2, 0.25) is 0 Å². The van der Waals surface area contributed by atoms with Gasteiger partial charge in [-0.15, -0.1) is 0 Å². The number of alkyl halides is 3. The quantitative estimate of drug-likeness (QED) is 0.850. The maximum Gasteiger partial charge on any atom is 0.416 e. The molecule has 0 aliphatic carbocycles. The standard InChI is InChI=1S/C14H13F3O3/c15-14(16,17)10-3-1-2-9(6-10)4-5-12-7-11(18)8-13(19)20-12/h1-6,11-12,18H,7-8H2. The fourth-order valence-electron chi connectivity index (χ4n) is 1.96. The molecule has 0 bridgehead atoms. The first kappa shape index (κ1) is 14.6. The van der Waals surface area contributed by atoms with Crippen molar-refractivity contribution in [2.45, 2.75) is 31.2 Å². The van der Waals surface area contributed by atoms with E-state index in [9.17, 15) is 23.1 Å². The number of aliphatic hydroxyl groups is 1. The molecule has 0 aromatic heterocycles. The predicted octanol–water partition coefficient (Wildman–Crippen LogP) is 2.79. The SMILES string of the molecule is O=C1CC(O)CC(C=Cc2cccc(C(F)(F)F)c2)O1. The lowest BCUT2D eigenvalue weighted by atomic mass is 10.0. The average Bonchev–Trinajstić information content (AvgIpc) is 2.35. The van der Waals surface area contributed by atoms with Crippen molar-refractivity contribution >= 4 is 12.0 Å². The van der Waals surface area contributed by atoms with Crippen molar-refractivity contribution in [3.05, 3.63) is 41.5 Å². The molecule has 1 saturated heterocycles. The summed E-state index contributed by atoms with van der Waals surface area (Å²) in [4.78, 5) is 11.1. The highest BCUT2D eigenvalue weighted by molar-refractivity contribution is 5.71. The number of hydrogen-bond acceptors (Lipinski definition) is 3. The smallest absolute Gasteiger partial charge is 0.416 e. The Kier molecular flexibility index (Phi) is 4.13. The molecule has 1 N–H and O–H groups in total. The number of benzene rings is 1. The van der Waals surface area contributed by atoms with E-state index in [1.165, 1.54) is 24.3 Å². The minimum Gasteiger partial charge on any atom is -0.458 e. The lowest BCUT2D eigenvalue weighted by Gasteiger charge is -2.23. The van der Waals surface area contributed by atoms with Gasteiger partial charge in [-0.05, 0) is 23.8 Å². The Bertz CT molecular complexity index is 523. The molecule has 0 saturated carbocycles. The third kappa shape index (κ3) is 3.84. The van der Waals surface area contributed by atoms with Crippen LogP contribution in [-0.2, 0) is 15.7 Å². The average molecular weight is 286 g/mol. The van der Waals surface area contributed by atoms with E-state index in [0.29, 0.717) is 5.56 Å². The molecular weight excluding hydrogens is 273 g/mol. The van der Waals surface area contributed by atoms with E-state index in [1.54, 1.807) is 0 Å². The van der Waals surface area contributed by atoms with Gasteiger partial charge >= 0.3 is 12.1 Å². The molecule has 6 heteroatoms. The number of halogens is 3. The lowest BCUT2D eigenvalue weighted by Crippen LogP contribution is -2.31. The van der Waals surface area contributed by atoms with Crippen LogP contribution >= 0.6 is 0 Å². The summed E-state index contributed by atoms with van der Waals surface area (Å²) in [6.07, 6.45) is -2.64. The van der Waals surface area contributed by atoms with Crippen molar-refractivity contribution in [1.82, 2.24) is 0 Å².